The minimum absolute atomic E-state index is 0. The number of hydrogen-bond donors (Lipinski definition) is 1. The Balaban J connectivity index is 0.00000312. The first-order valence-electron chi connectivity index (χ1n) is 7.98. The number of piperidine rings is 1. The van der Waals surface area contributed by atoms with E-state index in [4.69, 9.17) is 0 Å². The Morgan fingerprint density at radius 3 is 2.56 bits per heavy atom. The summed E-state index contributed by atoms with van der Waals surface area (Å²) in [5.41, 5.74) is -0.271. The van der Waals surface area contributed by atoms with Crippen LogP contribution in [0.5, 0.6) is 0 Å². The molecule has 0 amide bonds. The van der Waals surface area contributed by atoms with Gasteiger partial charge in [0.25, 0.3) is 0 Å². The Kier molecular flexibility index (Phi) is 8.27. The van der Waals surface area contributed by atoms with Crippen LogP contribution < -0.4 is 5.32 Å². The molecule has 0 aliphatic carbocycles. The van der Waals surface area contributed by atoms with Crippen molar-refractivity contribution in [3.8, 4) is 0 Å². The van der Waals surface area contributed by atoms with E-state index in [1.165, 1.54) is 4.31 Å². The zero-order valence-corrected chi connectivity index (χ0v) is 16.0. The molecule has 0 aromatic heterocycles. The maximum Gasteiger partial charge on any atom is 0.339 e. The van der Waals surface area contributed by atoms with E-state index in [2.05, 4.69) is 10.1 Å². The quantitative estimate of drug-likeness (QED) is 0.747. The van der Waals surface area contributed by atoms with E-state index in [0.29, 0.717) is 19.0 Å². The fourth-order valence-corrected chi connectivity index (χ4v) is 4.47. The summed E-state index contributed by atoms with van der Waals surface area (Å²) in [5.74, 6) is -1.11. The number of carbonyl (C=O) groups excluding carboxylic acids is 1. The second-order valence-electron chi connectivity index (χ2n) is 5.79. The summed E-state index contributed by atoms with van der Waals surface area (Å²) in [6.45, 7) is 4.56. The molecule has 0 atom stereocenters. The van der Waals surface area contributed by atoms with Gasteiger partial charge in [0.15, 0.2) is 0 Å². The van der Waals surface area contributed by atoms with Gasteiger partial charge in [0.2, 0.25) is 10.0 Å². The molecule has 1 heterocycles. The molecule has 9 heteroatoms. The van der Waals surface area contributed by atoms with Crippen LogP contribution in [0.3, 0.4) is 0 Å². The number of carbonyl (C=O) groups is 1. The third-order valence-electron chi connectivity index (χ3n) is 4.22. The van der Waals surface area contributed by atoms with Crippen LogP contribution in [0.1, 0.15) is 30.1 Å². The van der Waals surface area contributed by atoms with Crippen LogP contribution in [0.15, 0.2) is 23.1 Å². The Hall–Kier alpha value is -1.22. The molecule has 1 aliphatic heterocycles. The zero-order chi connectivity index (χ0) is 17.7. The summed E-state index contributed by atoms with van der Waals surface area (Å²) >= 11 is 0. The summed E-state index contributed by atoms with van der Waals surface area (Å²) in [4.78, 5) is 11.6. The van der Waals surface area contributed by atoms with Crippen LogP contribution in [-0.4, -0.2) is 52.0 Å². The van der Waals surface area contributed by atoms with Gasteiger partial charge >= 0.3 is 5.97 Å². The maximum absolute atomic E-state index is 13.4. The molecular formula is C16H24ClFN2O4S. The zero-order valence-electron chi connectivity index (χ0n) is 14.3. The highest BCUT2D eigenvalue weighted by molar-refractivity contribution is 7.89. The number of rotatable bonds is 6. The van der Waals surface area contributed by atoms with Crippen LogP contribution in [0.25, 0.3) is 0 Å². The van der Waals surface area contributed by atoms with Gasteiger partial charge in [0.1, 0.15) is 5.82 Å². The molecule has 1 fully saturated rings. The van der Waals surface area contributed by atoms with Crippen molar-refractivity contribution in [2.45, 2.75) is 24.7 Å². The van der Waals surface area contributed by atoms with E-state index in [1.807, 2.05) is 6.92 Å². The summed E-state index contributed by atoms with van der Waals surface area (Å²) < 4.78 is 45.0. The molecule has 2 rings (SSSR count). The van der Waals surface area contributed by atoms with E-state index < -0.39 is 21.8 Å². The number of esters is 1. The lowest BCUT2D eigenvalue weighted by atomic mass is 9.98. The number of halogens is 2. The number of benzene rings is 1. The first-order chi connectivity index (χ1) is 11.4. The van der Waals surface area contributed by atoms with Gasteiger partial charge < -0.3 is 10.1 Å². The van der Waals surface area contributed by atoms with Gasteiger partial charge in [0.05, 0.1) is 17.6 Å². The van der Waals surface area contributed by atoms with Crippen molar-refractivity contribution in [1.29, 1.82) is 0 Å². The lowest BCUT2D eigenvalue weighted by molar-refractivity contribution is 0.0595. The molecule has 0 radical (unpaired) electrons. The average molecular weight is 395 g/mol. The molecule has 142 valence electrons. The van der Waals surface area contributed by atoms with Crippen molar-refractivity contribution < 1.29 is 22.3 Å². The summed E-state index contributed by atoms with van der Waals surface area (Å²) in [7, 11) is -2.73. The first kappa shape index (κ1) is 21.8. The van der Waals surface area contributed by atoms with Crippen LogP contribution in [0.4, 0.5) is 4.39 Å². The molecule has 1 saturated heterocycles. The van der Waals surface area contributed by atoms with Gasteiger partial charge in [0, 0.05) is 13.1 Å². The number of ether oxygens (including phenoxy) is 1. The van der Waals surface area contributed by atoms with Crippen molar-refractivity contribution in [1.82, 2.24) is 9.62 Å². The number of nitrogens with zero attached hydrogens (tertiary/aromatic N) is 1. The maximum atomic E-state index is 13.4. The van der Waals surface area contributed by atoms with Crippen LogP contribution in [-0.2, 0) is 14.8 Å². The molecule has 0 unspecified atom stereocenters. The van der Waals surface area contributed by atoms with E-state index in [0.717, 1.165) is 51.2 Å². The molecule has 0 spiro atoms. The first-order valence-corrected chi connectivity index (χ1v) is 9.43. The number of methoxy groups -OCH3 is 1. The molecule has 1 aliphatic rings. The summed E-state index contributed by atoms with van der Waals surface area (Å²) in [6.07, 6.45) is 1.50. The van der Waals surface area contributed by atoms with E-state index >= 15 is 0 Å². The molecule has 6 nitrogen and oxygen atoms in total. The van der Waals surface area contributed by atoms with E-state index in [-0.39, 0.29) is 22.9 Å². The van der Waals surface area contributed by atoms with Gasteiger partial charge in [-0.3, -0.25) is 0 Å². The number of sulfonamides is 1. The van der Waals surface area contributed by atoms with Crippen molar-refractivity contribution in [2.75, 3.05) is 33.3 Å². The fourth-order valence-electron chi connectivity index (χ4n) is 2.84. The lowest BCUT2D eigenvalue weighted by Crippen LogP contribution is -2.41. The second-order valence-corrected chi connectivity index (χ2v) is 7.69. The molecule has 1 aromatic carbocycles. The smallest absolute Gasteiger partial charge is 0.339 e. The highest BCUT2D eigenvalue weighted by atomic mass is 35.5. The predicted molar refractivity (Wildman–Crippen MR) is 95.0 cm³/mol. The third-order valence-corrected chi connectivity index (χ3v) is 6.18. The minimum Gasteiger partial charge on any atom is -0.465 e. The van der Waals surface area contributed by atoms with Crippen LogP contribution >= 0.6 is 12.4 Å². The van der Waals surface area contributed by atoms with Crippen LogP contribution in [0.2, 0.25) is 0 Å². The predicted octanol–water partition coefficient (Wildman–Crippen LogP) is 2.04. The largest absolute Gasteiger partial charge is 0.465 e. The normalized spacial score (nSPS) is 16.3. The molecule has 25 heavy (non-hydrogen) atoms. The molecule has 1 aromatic rings. The van der Waals surface area contributed by atoms with Gasteiger partial charge in [-0.15, -0.1) is 12.4 Å². The lowest BCUT2D eigenvalue weighted by Gasteiger charge is -2.31. The van der Waals surface area contributed by atoms with Gasteiger partial charge in [-0.2, -0.15) is 4.31 Å². The Labute approximate surface area is 154 Å². The van der Waals surface area contributed by atoms with E-state index in [9.17, 15) is 17.6 Å². The Morgan fingerprint density at radius 1 is 1.36 bits per heavy atom. The van der Waals surface area contributed by atoms with Crippen molar-refractivity contribution in [3.63, 3.8) is 0 Å². The monoisotopic (exact) mass is 394 g/mol. The highest BCUT2D eigenvalue weighted by Crippen LogP contribution is 2.26. The molecule has 0 bridgehead atoms. The number of hydrogen-bond acceptors (Lipinski definition) is 5. The topological polar surface area (TPSA) is 75.7 Å². The average Bonchev–Trinajstić information content (AvgIpc) is 2.59. The van der Waals surface area contributed by atoms with Gasteiger partial charge in [-0.05, 0) is 50.0 Å². The number of nitrogens with one attached hydrogen (secondary N) is 1. The van der Waals surface area contributed by atoms with E-state index in [1.54, 1.807) is 0 Å². The Bertz CT molecular complexity index is 691. The third kappa shape index (κ3) is 5.13. The standard InChI is InChI=1S/C16H23FN2O4S.ClH/c1-3-18-11-12-6-8-19(9-7-12)24(21,22)15-5-4-13(17)10-14(15)16(20)23-2;/h4-5,10,12,18H,3,6-9,11H2,1-2H3;1H. The minimum atomic E-state index is -3.86. The fraction of sp³-hybridized carbons (Fsp3) is 0.562. The molecule has 0 saturated carbocycles. The second kappa shape index (κ2) is 9.47. The molecule has 1 N–H and O–H groups in total. The highest BCUT2D eigenvalue weighted by Gasteiger charge is 2.32. The summed E-state index contributed by atoms with van der Waals surface area (Å²) in [5, 5.41) is 3.27. The van der Waals surface area contributed by atoms with Gasteiger partial charge in [-0.1, -0.05) is 6.92 Å². The van der Waals surface area contributed by atoms with Crippen molar-refractivity contribution >= 4 is 28.4 Å². The summed E-state index contributed by atoms with van der Waals surface area (Å²) in [6, 6.07) is 3.07. The SMILES string of the molecule is CCNCC1CCN(S(=O)(=O)c2ccc(F)cc2C(=O)OC)CC1.Cl. The van der Waals surface area contributed by atoms with Crippen molar-refractivity contribution in [2.24, 2.45) is 5.92 Å². The van der Waals surface area contributed by atoms with Crippen molar-refractivity contribution in [3.05, 3.63) is 29.6 Å². The Morgan fingerprint density at radius 2 is 2.00 bits per heavy atom. The van der Waals surface area contributed by atoms with Gasteiger partial charge in [-0.25, -0.2) is 17.6 Å². The van der Waals surface area contributed by atoms with Crippen LogP contribution in [0, 0.1) is 11.7 Å². The molecular weight excluding hydrogens is 371 g/mol.